The lowest BCUT2D eigenvalue weighted by Gasteiger charge is -2.27. The first-order chi connectivity index (χ1) is 9.36. The molecule has 2 aromatic rings. The lowest BCUT2D eigenvalue weighted by atomic mass is 9.92. The smallest absolute Gasteiger partial charge is 0.133 e. The highest BCUT2D eigenvalue weighted by Crippen LogP contribution is 2.53. The van der Waals surface area contributed by atoms with Crippen LogP contribution in [0.1, 0.15) is 23.1 Å². The van der Waals surface area contributed by atoms with E-state index >= 15 is 0 Å². The van der Waals surface area contributed by atoms with Crippen LogP contribution in [0.3, 0.4) is 0 Å². The normalized spacial score (nSPS) is 23.0. The zero-order chi connectivity index (χ0) is 12.8. The molecule has 2 aliphatic rings. The van der Waals surface area contributed by atoms with Gasteiger partial charge in [-0.3, -0.25) is 0 Å². The van der Waals surface area contributed by atoms with Crippen molar-refractivity contribution in [3.63, 3.8) is 0 Å². The number of fused-ring (bicyclic) bond motifs is 5. The van der Waals surface area contributed by atoms with Gasteiger partial charge < -0.3 is 9.47 Å². The maximum atomic E-state index is 6.16. The summed E-state index contributed by atoms with van der Waals surface area (Å²) in [6, 6.07) is 14.7. The molecule has 2 aromatic carbocycles. The van der Waals surface area contributed by atoms with Gasteiger partial charge in [0.25, 0.3) is 0 Å². The second kappa shape index (κ2) is 4.20. The van der Waals surface area contributed by atoms with Gasteiger partial charge in [-0.15, -0.1) is 11.8 Å². The van der Waals surface area contributed by atoms with Crippen molar-refractivity contribution in [1.29, 1.82) is 0 Å². The van der Waals surface area contributed by atoms with Crippen molar-refractivity contribution < 1.29 is 9.47 Å². The van der Waals surface area contributed by atoms with Gasteiger partial charge in [-0.25, -0.2) is 0 Å². The van der Waals surface area contributed by atoms with Gasteiger partial charge >= 0.3 is 0 Å². The van der Waals surface area contributed by atoms with Crippen molar-refractivity contribution in [2.45, 2.75) is 16.9 Å². The van der Waals surface area contributed by atoms with E-state index in [9.17, 15) is 0 Å². The fourth-order valence-electron chi connectivity index (χ4n) is 2.91. The number of ether oxygens (including phenoxy) is 2. The lowest BCUT2D eigenvalue weighted by molar-refractivity contribution is 0.212. The molecule has 0 N–H and O–H groups in total. The molecule has 0 radical (unpaired) electrons. The van der Waals surface area contributed by atoms with Crippen molar-refractivity contribution in [2.75, 3.05) is 12.9 Å². The summed E-state index contributed by atoms with van der Waals surface area (Å²) in [5.41, 5.74) is 2.64. The van der Waals surface area contributed by atoms with E-state index in [1.165, 1.54) is 16.0 Å². The maximum Gasteiger partial charge on any atom is 0.133 e. The number of methoxy groups -OCH3 is 1. The van der Waals surface area contributed by atoms with Crippen LogP contribution in [-0.2, 0) is 0 Å². The monoisotopic (exact) mass is 270 g/mol. The van der Waals surface area contributed by atoms with Gasteiger partial charge in [0, 0.05) is 27.7 Å². The number of para-hydroxylation sites is 1. The van der Waals surface area contributed by atoms with E-state index in [2.05, 4.69) is 30.3 Å². The average molecular weight is 270 g/mol. The van der Waals surface area contributed by atoms with Crippen molar-refractivity contribution >= 4 is 11.8 Å². The van der Waals surface area contributed by atoms with Crippen LogP contribution in [-0.4, -0.2) is 12.9 Å². The molecule has 96 valence electrons. The van der Waals surface area contributed by atoms with Gasteiger partial charge in [0.15, 0.2) is 0 Å². The van der Waals surface area contributed by atoms with E-state index < -0.39 is 0 Å². The molecule has 3 heteroatoms. The number of thioether (sulfide) groups is 1. The van der Waals surface area contributed by atoms with Crippen molar-refractivity contribution in [1.82, 2.24) is 0 Å². The standard InChI is InChI=1S/C16H14O2S/c1-17-10-6-7-12-15(8-10)19-9-13-11-4-2-3-5-14(11)18-16(12)13/h2-8,13,16H,9H2,1H3. The second-order valence-electron chi connectivity index (χ2n) is 4.90. The summed E-state index contributed by atoms with van der Waals surface area (Å²) in [6.45, 7) is 0. The van der Waals surface area contributed by atoms with E-state index in [1.807, 2.05) is 23.9 Å². The van der Waals surface area contributed by atoms with Gasteiger partial charge in [0.05, 0.1) is 7.11 Å². The van der Waals surface area contributed by atoms with Crippen molar-refractivity contribution in [3.05, 3.63) is 53.6 Å². The van der Waals surface area contributed by atoms with Crippen molar-refractivity contribution in [3.8, 4) is 11.5 Å². The third-order valence-electron chi connectivity index (χ3n) is 3.88. The summed E-state index contributed by atoms with van der Waals surface area (Å²) in [6.07, 6.45) is 0.166. The first-order valence-electron chi connectivity index (χ1n) is 6.43. The molecule has 0 amide bonds. The van der Waals surface area contributed by atoms with Crippen LogP contribution >= 0.6 is 11.8 Å². The van der Waals surface area contributed by atoms with E-state index in [4.69, 9.17) is 9.47 Å². The minimum absolute atomic E-state index is 0.166. The molecule has 2 nitrogen and oxygen atoms in total. The Bertz CT molecular complexity index is 638. The quantitative estimate of drug-likeness (QED) is 0.780. The topological polar surface area (TPSA) is 18.5 Å². The molecule has 0 aromatic heterocycles. The summed E-state index contributed by atoms with van der Waals surface area (Å²) in [4.78, 5) is 1.29. The molecular formula is C16H14O2S. The van der Waals surface area contributed by atoms with E-state index in [0.29, 0.717) is 5.92 Å². The average Bonchev–Trinajstić information content (AvgIpc) is 2.85. The SMILES string of the molecule is COc1ccc2c(c1)SCC1c3ccccc3OC21. The minimum Gasteiger partial charge on any atom is -0.497 e. The second-order valence-corrected chi connectivity index (χ2v) is 5.96. The fraction of sp³-hybridized carbons (Fsp3) is 0.250. The lowest BCUT2D eigenvalue weighted by Crippen LogP contribution is -2.17. The van der Waals surface area contributed by atoms with Crippen LogP contribution in [0.15, 0.2) is 47.4 Å². The third kappa shape index (κ3) is 1.65. The summed E-state index contributed by atoms with van der Waals surface area (Å²) in [5, 5.41) is 0. The summed E-state index contributed by atoms with van der Waals surface area (Å²) >= 11 is 1.90. The zero-order valence-corrected chi connectivity index (χ0v) is 11.4. The van der Waals surface area contributed by atoms with Gasteiger partial charge in [-0.2, -0.15) is 0 Å². The van der Waals surface area contributed by atoms with Crippen LogP contribution < -0.4 is 9.47 Å². The van der Waals surface area contributed by atoms with E-state index in [0.717, 1.165) is 17.3 Å². The molecule has 0 aliphatic carbocycles. The molecule has 2 aliphatic heterocycles. The Hall–Kier alpha value is -1.61. The van der Waals surface area contributed by atoms with Gasteiger partial charge in [-0.1, -0.05) is 24.3 Å². The molecule has 4 rings (SSSR count). The molecule has 2 heterocycles. The molecule has 2 atom stereocenters. The predicted molar refractivity (Wildman–Crippen MR) is 76.3 cm³/mol. The highest BCUT2D eigenvalue weighted by Gasteiger charge is 2.39. The molecule has 0 saturated carbocycles. The van der Waals surface area contributed by atoms with Gasteiger partial charge in [0.1, 0.15) is 17.6 Å². The Labute approximate surface area is 116 Å². The molecule has 0 spiro atoms. The zero-order valence-electron chi connectivity index (χ0n) is 10.6. The first-order valence-corrected chi connectivity index (χ1v) is 7.41. The van der Waals surface area contributed by atoms with Crippen LogP contribution in [0.5, 0.6) is 11.5 Å². The van der Waals surface area contributed by atoms with Crippen LogP contribution in [0.4, 0.5) is 0 Å². The molecule has 19 heavy (non-hydrogen) atoms. The number of hydrogen-bond donors (Lipinski definition) is 0. The van der Waals surface area contributed by atoms with Gasteiger partial charge in [-0.05, 0) is 18.2 Å². The van der Waals surface area contributed by atoms with Crippen LogP contribution in [0.25, 0.3) is 0 Å². The van der Waals surface area contributed by atoms with Crippen LogP contribution in [0.2, 0.25) is 0 Å². The highest BCUT2D eigenvalue weighted by atomic mass is 32.2. The van der Waals surface area contributed by atoms with Crippen molar-refractivity contribution in [2.24, 2.45) is 0 Å². The summed E-state index contributed by atoms with van der Waals surface area (Å²) in [7, 11) is 1.71. The highest BCUT2D eigenvalue weighted by molar-refractivity contribution is 7.99. The Kier molecular flexibility index (Phi) is 2.49. The van der Waals surface area contributed by atoms with E-state index in [-0.39, 0.29) is 6.10 Å². The Morgan fingerprint density at radius 3 is 2.95 bits per heavy atom. The Balaban J connectivity index is 1.78. The molecule has 2 unspecified atom stereocenters. The predicted octanol–water partition coefficient (Wildman–Crippen LogP) is 4.02. The number of rotatable bonds is 1. The largest absolute Gasteiger partial charge is 0.497 e. The Morgan fingerprint density at radius 2 is 2.05 bits per heavy atom. The molecule has 0 fully saturated rings. The molecule has 0 bridgehead atoms. The minimum atomic E-state index is 0.166. The number of hydrogen-bond acceptors (Lipinski definition) is 3. The Morgan fingerprint density at radius 1 is 1.16 bits per heavy atom. The fourth-order valence-corrected chi connectivity index (χ4v) is 4.18. The van der Waals surface area contributed by atoms with Gasteiger partial charge in [0.2, 0.25) is 0 Å². The van der Waals surface area contributed by atoms with E-state index in [1.54, 1.807) is 7.11 Å². The third-order valence-corrected chi connectivity index (χ3v) is 5.07. The summed E-state index contributed by atoms with van der Waals surface area (Å²) < 4.78 is 11.5. The maximum absolute atomic E-state index is 6.16. The first kappa shape index (κ1) is 11.2. The van der Waals surface area contributed by atoms with Crippen LogP contribution in [0, 0.1) is 0 Å². The summed E-state index contributed by atoms with van der Waals surface area (Å²) in [5.74, 6) is 3.51. The molecular weight excluding hydrogens is 256 g/mol. The molecule has 0 saturated heterocycles. The number of benzene rings is 2.